The molecule has 0 aliphatic heterocycles. The molecule has 2 aromatic rings. The lowest BCUT2D eigenvalue weighted by Gasteiger charge is -2.34. The zero-order chi connectivity index (χ0) is 22.3. The first-order valence-corrected chi connectivity index (χ1v) is 11.7. The second-order valence-electron chi connectivity index (χ2n) is 8.79. The molecule has 0 unspecified atom stereocenters. The number of para-hydroxylation sites is 2. The summed E-state index contributed by atoms with van der Waals surface area (Å²) in [6.45, 7) is 0.834. The van der Waals surface area contributed by atoms with E-state index < -0.39 is 0 Å². The van der Waals surface area contributed by atoms with Gasteiger partial charge in [0.05, 0.1) is 12.8 Å². The Bertz CT molecular complexity index is 918. The second-order valence-corrected chi connectivity index (χ2v) is 8.79. The zero-order valence-electron chi connectivity index (χ0n) is 18.8. The van der Waals surface area contributed by atoms with Gasteiger partial charge in [0.15, 0.2) is 0 Å². The van der Waals surface area contributed by atoms with Gasteiger partial charge in [-0.2, -0.15) is 0 Å². The van der Waals surface area contributed by atoms with Crippen molar-refractivity contribution in [3.05, 3.63) is 54.1 Å². The molecule has 170 valence electrons. The molecule has 2 N–H and O–H groups in total. The Morgan fingerprint density at radius 2 is 1.59 bits per heavy atom. The van der Waals surface area contributed by atoms with Gasteiger partial charge in [-0.1, -0.05) is 31.4 Å². The van der Waals surface area contributed by atoms with E-state index in [1.165, 1.54) is 44.9 Å². The van der Waals surface area contributed by atoms with Gasteiger partial charge in [-0.3, -0.25) is 14.5 Å². The number of hydrogen-bond donors (Lipinski definition) is 2. The maximum absolute atomic E-state index is 12.6. The van der Waals surface area contributed by atoms with Crippen molar-refractivity contribution in [3.8, 4) is 5.75 Å². The summed E-state index contributed by atoms with van der Waals surface area (Å²) in [6, 6.07) is 15.6. The Labute approximate surface area is 190 Å². The van der Waals surface area contributed by atoms with Gasteiger partial charge in [0.25, 0.3) is 5.91 Å². The van der Waals surface area contributed by atoms with E-state index in [1.54, 1.807) is 43.5 Å². The van der Waals surface area contributed by atoms with E-state index >= 15 is 0 Å². The van der Waals surface area contributed by atoms with Crippen molar-refractivity contribution >= 4 is 23.2 Å². The number of anilines is 2. The molecule has 2 aliphatic carbocycles. The van der Waals surface area contributed by atoms with E-state index in [2.05, 4.69) is 15.5 Å². The van der Waals surface area contributed by atoms with Crippen molar-refractivity contribution in [2.45, 2.75) is 63.5 Å². The van der Waals surface area contributed by atoms with Crippen LogP contribution in [0.3, 0.4) is 0 Å². The molecule has 0 atom stereocenters. The summed E-state index contributed by atoms with van der Waals surface area (Å²) in [5.41, 5.74) is 1.85. The van der Waals surface area contributed by atoms with Crippen LogP contribution in [0.2, 0.25) is 0 Å². The lowest BCUT2D eigenvalue weighted by molar-refractivity contribution is -0.116. The van der Waals surface area contributed by atoms with Crippen LogP contribution in [0, 0.1) is 0 Å². The minimum absolute atomic E-state index is 0.0256. The minimum atomic E-state index is -0.222. The van der Waals surface area contributed by atoms with Crippen LogP contribution in [-0.4, -0.2) is 42.5 Å². The molecular formula is C26H33N3O3. The number of amides is 2. The van der Waals surface area contributed by atoms with Gasteiger partial charge < -0.3 is 15.4 Å². The summed E-state index contributed by atoms with van der Waals surface area (Å²) in [6.07, 6.45) is 9.58. The first kappa shape index (κ1) is 22.3. The molecule has 6 nitrogen and oxygen atoms in total. The highest BCUT2D eigenvalue weighted by atomic mass is 16.5. The van der Waals surface area contributed by atoms with Gasteiger partial charge in [0.1, 0.15) is 5.75 Å². The first-order chi connectivity index (χ1) is 15.6. The van der Waals surface area contributed by atoms with E-state index in [-0.39, 0.29) is 11.8 Å². The Kier molecular flexibility index (Phi) is 7.43. The second kappa shape index (κ2) is 10.6. The van der Waals surface area contributed by atoms with Crippen LogP contribution in [0.4, 0.5) is 11.4 Å². The van der Waals surface area contributed by atoms with Crippen LogP contribution < -0.4 is 15.4 Å². The number of nitrogens with one attached hydrogen (secondary N) is 2. The van der Waals surface area contributed by atoms with Crippen molar-refractivity contribution in [1.82, 2.24) is 4.90 Å². The lowest BCUT2D eigenvalue weighted by atomic mass is 9.94. The number of methoxy groups -OCH3 is 1. The molecule has 2 aromatic carbocycles. The zero-order valence-corrected chi connectivity index (χ0v) is 18.8. The number of ether oxygens (including phenoxy) is 1. The van der Waals surface area contributed by atoms with Gasteiger partial charge in [-0.05, 0) is 62.1 Å². The van der Waals surface area contributed by atoms with E-state index in [4.69, 9.17) is 4.74 Å². The average Bonchev–Trinajstić information content (AvgIpc) is 3.66. The SMILES string of the molecule is COc1ccccc1NC(=O)c1ccc(NC(=O)CCN(C2CCCCC2)C2CC2)cc1. The number of rotatable bonds is 9. The number of nitrogens with zero attached hydrogens (tertiary/aromatic N) is 1. The molecule has 2 saturated carbocycles. The number of benzene rings is 2. The maximum Gasteiger partial charge on any atom is 0.255 e. The molecular weight excluding hydrogens is 402 g/mol. The molecule has 0 saturated heterocycles. The van der Waals surface area contributed by atoms with E-state index in [0.29, 0.717) is 41.2 Å². The number of carbonyl (C=O) groups excluding carboxylic acids is 2. The highest BCUT2D eigenvalue weighted by molar-refractivity contribution is 6.05. The van der Waals surface area contributed by atoms with Crippen LogP contribution in [0.5, 0.6) is 5.75 Å². The quantitative estimate of drug-likeness (QED) is 0.577. The summed E-state index contributed by atoms with van der Waals surface area (Å²) in [5.74, 6) is 0.413. The van der Waals surface area contributed by atoms with E-state index in [1.807, 2.05) is 12.1 Å². The van der Waals surface area contributed by atoms with Crippen molar-refractivity contribution in [1.29, 1.82) is 0 Å². The van der Waals surface area contributed by atoms with Crippen LogP contribution >= 0.6 is 0 Å². The summed E-state index contributed by atoms with van der Waals surface area (Å²) in [4.78, 5) is 27.7. The van der Waals surface area contributed by atoms with Crippen molar-refractivity contribution in [2.75, 3.05) is 24.3 Å². The Hall–Kier alpha value is -2.86. The van der Waals surface area contributed by atoms with Crippen molar-refractivity contribution in [3.63, 3.8) is 0 Å². The highest BCUT2D eigenvalue weighted by Crippen LogP contribution is 2.33. The normalized spacial score (nSPS) is 16.6. The summed E-state index contributed by atoms with van der Waals surface area (Å²) >= 11 is 0. The average molecular weight is 436 g/mol. The third-order valence-electron chi connectivity index (χ3n) is 6.44. The topological polar surface area (TPSA) is 70.7 Å². The van der Waals surface area contributed by atoms with Crippen molar-refractivity contribution < 1.29 is 14.3 Å². The predicted octanol–water partition coefficient (Wildman–Crippen LogP) is 5.07. The van der Waals surface area contributed by atoms with E-state index in [0.717, 1.165) is 6.54 Å². The van der Waals surface area contributed by atoms with Gasteiger partial charge in [0, 0.05) is 36.3 Å². The highest BCUT2D eigenvalue weighted by Gasteiger charge is 2.34. The molecule has 0 heterocycles. The molecule has 0 bridgehead atoms. The van der Waals surface area contributed by atoms with Gasteiger partial charge in [-0.25, -0.2) is 0 Å². The molecule has 0 spiro atoms. The fraction of sp³-hybridized carbons (Fsp3) is 0.462. The molecule has 2 aliphatic rings. The fourth-order valence-corrected chi connectivity index (χ4v) is 4.58. The smallest absolute Gasteiger partial charge is 0.255 e. The monoisotopic (exact) mass is 435 g/mol. The largest absolute Gasteiger partial charge is 0.495 e. The van der Waals surface area contributed by atoms with E-state index in [9.17, 15) is 9.59 Å². The summed E-state index contributed by atoms with van der Waals surface area (Å²) in [5, 5.41) is 5.84. The van der Waals surface area contributed by atoms with Crippen LogP contribution in [0.1, 0.15) is 61.7 Å². The van der Waals surface area contributed by atoms with Gasteiger partial charge in [0.2, 0.25) is 5.91 Å². The van der Waals surface area contributed by atoms with Crippen molar-refractivity contribution in [2.24, 2.45) is 0 Å². The Morgan fingerprint density at radius 3 is 2.28 bits per heavy atom. The van der Waals surface area contributed by atoms with Crippen LogP contribution in [-0.2, 0) is 4.79 Å². The molecule has 32 heavy (non-hydrogen) atoms. The molecule has 6 heteroatoms. The van der Waals surface area contributed by atoms with Gasteiger partial charge >= 0.3 is 0 Å². The number of carbonyl (C=O) groups is 2. The third-order valence-corrected chi connectivity index (χ3v) is 6.44. The third kappa shape index (κ3) is 5.88. The predicted molar refractivity (Wildman–Crippen MR) is 127 cm³/mol. The fourth-order valence-electron chi connectivity index (χ4n) is 4.58. The first-order valence-electron chi connectivity index (χ1n) is 11.7. The number of hydrogen-bond acceptors (Lipinski definition) is 4. The molecule has 0 aromatic heterocycles. The molecule has 2 fully saturated rings. The van der Waals surface area contributed by atoms with Crippen LogP contribution in [0.15, 0.2) is 48.5 Å². The van der Waals surface area contributed by atoms with Gasteiger partial charge in [-0.15, -0.1) is 0 Å². The Morgan fingerprint density at radius 1 is 0.906 bits per heavy atom. The minimum Gasteiger partial charge on any atom is -0.495 e. The molecule has 4 rings (SSSR count). The summed E-state index contributed by atoms with van der Waals surface area (Å²) < 4.78 is 5.28. The Balaban J connectivity index is 1.28. The molecule has 0 radical (unpaired) electrons. The summed E-state index contributed by atoms with van der Waals surface area (Å²) in [7, 11) is 1.57. The lowest BCUT2D eigenvalue weighted by Crippen LogP contribution is -2.40. The maximum atomic E-state index is 12.6. The van der Waals surface area contributed by atoms with Crippen LogP contribution in [0.25, 0.3) is 0 Å². The standard InChI is InChI=1S/C26H33N3O3/c1-32-24-10-6-5-9-23(24)28-26(31)19-11-13-20(14-12-19)27-25(30)17-18-29(22-15-16-22)21-7-3-2-4-8-21/h5-6,9-14,21-22H,2-4,7-8,15-18H2,1H3,(H,27,30)(H,28,31). The molecule has 2 amide bonds.